The maximum Gasteiger partial charge on any atom is 0.416 e. The lowest BCUT2D eigenvalue weighted by Gasteiger charge is -2.34. The first-order valence-electron chi connectivity index (χ1n) is 14.1. The average Bonchev–Trinajstić information content (AvgIpc) is 3.59. The van der Waals surface area contributed by atoms with Crippen LogP contribution >= 0.6 is 11.3 Å². The molecule has 4 heterocycles. The normalized spacial score (nSPS) is 19.0. The van der Waals surface area contributed by atoms with Gasteiger partial charge in [-0.2, -0.15) is 13.2 Å². The van der Waals surface area contributed by atoms with Gasteiger partial charge in [0.1, 0.15) is 11.5 Å². The zero-order valence-corrected chi connectivity index (χ0v) is 24.6. The Morgan fingerprint density at radius 2 is 1.91 bits per heavy atom. The molecule has 5 rings (SSSR count). The summed E-state index contributed by atoms with van der Waals surface area (Å²) >= 11 is 1.22. The number of alkyl halides is 4. The molecule has 14 heteroatoms. The van der Waals surface area contributed by atoms with Gasteiger partial charge in [-0.05, 0) is 44.4 Å². The number of carboxylic acids is 1. The molecule has 230 valence electrons. The number of amides is 1. The van der Waals surface area contributed by atoms with Gasteiger partial charge in [-0.1, -0.05) is 30.4 Å². The fourth-order valence-electron chi connectivity index (χ4n) is 5.63. The number of thiazole rings is 1. The SMILES string of the molecule is CCC1CCCN1Cc1sc(NC(=O)c2cnc(N3CCC(F)(C(=O)O)CC3)cn2)nc1-c1ccc(C)c(C(F)(F)F)c1. The molecule has 0 bridgehead atoms. The molecule has 0 spiro atoms. The lowest BCUT2D eigenvalue weighted by Crippen LogP contribution is -2.46. The minimum Gasteiger partial charge on any atom is -0.479 e. The van der Waals surface area contributed by atoms with Crippen molar-refractivity contribution in [2.45, 2.75) is 70.4 Å². The van der Waals surface area contributed by atoms with E-state index in [1.54, 1.807) is 11.0 Å². The maximum absolute atomic E-state index is 14.4. The van der Waals surface area contributed by atoms with Crippen molar-refractivity contribution in [1.82, 2.24) is 19.9 Å². The second-order valence-electron chi connectivity index (χ2n) is 11.0. The third-order valence-corrected chi connectivity index (χ3v) is 9.14. The molecule has 1 unspecified atom stereocenters. The fourth-order valence-corrected chi connectivity index (χ4v) is 6.63. The number of hydrogen-bond acceptors (Lipinski definition) is 8. The van der Waals surface area contributed by atoms with E-state index in [1.165, 1.54) is 36.7 Å². The third-order valence-electron chi connectivity index (χ3n) is 8.19. The van der Waals surface area contributed by atoms with Crippen LogP contribution in [0.25, 0.3) is 11.3 Å². The first kappa shape index (κ1) is 30.8. The van der Waals surface area contributed by atoms with Crippen molar-refractivity contribution in [3.63, 3.8) is 0 Å². The molecule has 2 fully saturated rings. The number of aliphatic carboxylic acids is 1. The van der Waals surface area contributed by atoms with Crippen molar-refractivity contribution < 1.29 is 32.3 Å². The van der Waals surface area contributed by atoms with Gasteiger partial charge in [0.15, 0.2) is 5.13 Å². The van der Waals surface area contributed by atoms with Crippen molar-refractivity contribution in [3.05, 3.63) is 52.3 Å². The van der Waals surface area contributed by atoms with Gasteiger partial charge in [0.05, 0.1) is 23.7 Å². The Hall–Kier alpha value is -3.65. The molecule has 2 saturated heterocycles. The van der Waals surface area contributed by atoms with Gasteiger partial charge in [0.2, 0.25) is 5.67 Å². The molecule has 0 saturated carbocycles. The molecule has 1 aromatic carbocycles. The smallest absolute Gasteiger partial charge is 0.416 e. The van der Waals surface area contributed by atoms with E-state index in [-0.39, 0.29) is 42.3 Å². The van der Waals surface area contributed by atoms with E-state index >= 15 is 0 Å². The van der Waals surface area contributed by atoms with E-state index < -0.39 is 29.3 Å². The minimum absolute atomic E-state index is 0.00952. The topological polar surface area (TPSA) is 112 Å². The van der Waals surface area contributed by atoms with Crippen molar-refractivity contribution in [1.29, 1.82) is 0 Å². The van der Waals surface area contributed by atoms with E-state index in [0.717, 1.165) is 36.8 Å². The summed E-state index contributed by atoms with van der Waals surface area (Å²) in [7, 11) is 0. The van der Waals surface area contributed by atoms with Crippen LogP contribution in [-0.4, -0.2) is 68.2 Å². The standard InChI is InChI=1S/C29H32F4N6O3S/c1-3-19-5-4-10-39(19)16-22-24(18-7-6-17(2)20(13-18)29(31,32)33)36-27(43-22)37-25(40)21-14-35-23(15-34-21)38-11-8-28(30,9-12-38)26(41)42/h6-7,13-15,19H,3-5,8-12,16H2,1-2H3,(H,41,42)(H,36,37,40). The summed E-state index contributed by atoms with van der Waals surface area (Å²) in [6.07, 6.45) is 0.784. The largest absolute Gasteiger partial charge is 0.479 e. The van der Waals surface area contributed by atoms with Crippen LogP contribution in [0.15, 0.2) is 30.6 Å². The van der Waals surface area contributed by atoms with Gasteiger partial charge < -0.3 is 10.0 Å². The van der Waals surface area contributed by atoms with Crippen molar-refractivity contribution in [2.24, 2.45) is 0 Å². The van der Waals surface area contributed by atoms with Crippen LogP contribution in [0.1, 0.15) is 65.5 Å². The second-order valence-corrected chi connectivity index (χ2v) is 12.0. The lowest BCUT2D eigenvalue weighted by atomic mass is 9.93. The van der Waals surface area contributed by atoms with Gasteiger partial charge in [0, 0.05) is 49.0 Å². The number of aromatic nitrogens is 3. The highest BCUT2D eigenvalue weighted by Crippen LogP contribution is 2.39. The summed E-state index contributed by atoms with van der Waals surface area (Å²) < 4.78 is 55.5. The molecule has 2 aliphatic rings. The number of likely N-dealkylation sites (tertiary alicyclic amines) is 1. The molecular weight excluding hydrogens is 588 g/mol. The Labute approximate surface area is 250 Å². The fraction of sp³-hybridized carbons (Fsp3) is 0.483. The number of carbonyl (C=O) groups is 2. The highest BCUT2D eigenvalue weighted by molar-refractivity contribution is 7.16. The van der Waals surface area contributed by atoms with Gasteiger partial charge in [-0.3, -0.25) is 15.0 Å². The molecule has 9 nitrogen and oxygen atoms in total. The predicted octanol–water partition coefficient (Wildman–Crippen LogP) is 5.95. The number of aryl methyl sites for hydroxylation is 1. The van der Waals surface area contributed by atoms with Crippen LogP contribution in [0.2, 0.25) is 0 Å². The maximum atomic E-state index is 14.4. The summed E-state index contributed by atoms with van der Waals surface area (Å²) in [5.74, 6) is -1.68. The van der Waals surface area contributed by atoms with Crippen LogP contribution < -0.4 is 10.2 Å². The zero-order valence-electron chi connectivity index (χ0n) is 23.7. The molecule has 0 radical (unpaired) electrons. The van der Waals surface area contributed by atoms with Crippen LogP contribution in [0.3, 0.4) is 0 Å². The van der Waals surface area contributed by atoms with E-state index in [4.69, 9.17) is 5.11 Å². The highest BCUT2D eigenvalue weighted by atomic mass is 32.1. The molecule has 43 heavy (non-hydrogen) atoms. The summed E-state index contributed by atoms with van der Waals surface area (Å²) in [6.45, 7) is 5.18. The van der Waals surface area contributed by atoms with Crippen LogP contribution in [0.4, 0.5) is 28.5 Å². The summed E-state index contributed by atoms with van der Waals surface area (Å²) in [4.78, 5) is 42.0. The monoisotopic (exact) mass is 620 g/mol. The van der Waals surface area contributed by atoms with Crippen LogP contribution in [-0.2, 0) is 17.5 Å². The van der Waals surface area contributed by atoms with E-state index in [0.29, 0.717) is 29.7 Å². The number of piperidine rings is 1. The predicted molar refractivity (Wildman–Crippen MR) is 154 cm³/mol. The number of anilines is 2. The van der Waals surface area contributed by atoms with Crippen molar-refractivity contribution in [3.8, 4) is 11.3 Å². The summed E-state index contributed by atoms with van der Waals surface area (Å²) in [5, 5.41) is 12.0. The van der Waals surface area contributed by atoms with E-state index in [9.17, 15) is 27.2 Å². The lowest BCUT2D eigenvalue weighted by molar-refractivity contribution is -0.152. The number of nitrogens with one attached hydrogen (secondary N) is 1. The first-order valence-corrected chi connectivity index (χ1v) is 14.9. The van der Waals surface area contributed by atoms with Gasteiger partial charge >= 0.3 is 12.1 Å². The van der Waals surface area contributed by atoms with Gasteiger partial charge in [0.25, 0.3) is 5.91 Å². The number of carboxylic acid groups (broad SMARTS) is 1. The number of benzene rings is 1. The molecule has 2 aliphatic heterocycles. The van der Waals surface area contributed by atoms with E-state index in [2.05, 4.69) is 32.1 Å². The second kappa shape index (κ2) is 12.2. The Balaban J connectivity index is 1.36. The van der Waals surface area contributed by atoms with Crippen molar-refractivity contribution in [2.75, 3.05) is 29.9 Å². The van der Waals surface area contributed by atoms with Crippen LogP contribution in [0.5, 0.6) is 0 Å². The van der Waals surface area contributed by atoms with Gasteiger partial charge in [-0.15, -0.1) is 0 Å². The molecule has 1 amide bonds. The number of halogens is 4. The minimum atomic E-state index is -4.51. The zero-order chi connectivity index (χ0) is 30.9. The summed E-state index contributed by atoms with van der Waals surface area (Å²) in [5.41, 5.74) is -2.18. The number of rotatable bonds is 8. The van der Waals surface area contributed by atoms with Crippen LogP contribution in [0, 0.1) is 6.92 Å². The molecule has 2 N–H and O–H groups in total. The molecule has 2 aromatic heterocycles. The molecule has 0 aliphatic carbocycles. The Kier molecular flexibility index (Phi) is 8.70. The van der Waals surface area contributed by atoms with Crippen molar-refractivity contribution >= 4 is 34.2 Å². The highest BCUT2D eigenvalue weighted by Gasteiger charge is 2.42. The first-order chi connectivity index (χ1) is 20.4. The Morgan fingerprint density at radius 3 is 2.53 bits per heavy atom. The Morgan fingerprint density at radius 1 is 1.16 bits per heavy atom. The molecule has 3 aromatic rings. The molecule has 1 atom stereocenters. The summed E-state index contributed by atoms with van der Waals surface area (Å²) in [6, 6.07) is 4.52. The average molecular weight is 621 g/mol. The third kappa shape index (κ3) is 6.64. The number of carbonyl (C=O) groups excluding carboxylic acids is 1. The number of hydrogen-bond donors (Lipinski definition) is 2. The molecular formula is C29H32F4N6O3S. The quantitative estimate of drug-likeness (QED) is 0.298. The van der Waals surface area contributed by atoms with Gasteiger partial charge in [-0.25, -0.2) is 24.1 Å². The Bertz CT molecular complexity index is 1490. The van der Waals surface area contributed by atoms with E-state index in [1.807, 2.05) is 0 Å². The number of nitrogens with zero attached hydrogens (tertiary/aromatic N) is 5.